The van der Waals surface area contributed by atoms with Gasteiger partial charge in [-0.05, 0) is 12.8 Å². The van der Waals surface area contributed by atoms with E-state index < -0.39 is 0 Å². The summed E-state index contributed by atoms with van der Waals surface area (Å²) in [5.41, 5.74) is 0. The Morgan fingerprint density at radius 1 is 1.00 bits per heavy atom. The predicted octanol–water partition coefficient (Wildman–Crippen LogP) is 0.634. The molecule has 0 heterocycles. The summed E-state index contributed by atoms with van der Waals surface area (Å²) in [5.74, 6) is -0.163. The molecular weight excluding hydrogens is 220 g/mol. The molecule has 0 saturated heterocycles. The van der Waals surface area contributed by atoms with Crippen molar-refractivity contribution >= 4 is 17.6 Å². The van der Waals surface area contributed by atoms with E-state index in [1.807, 2.05) is 0 Å². The minimum atomic E-state index is -0.129. The molecule has 0 rings (SSSR count). The molecule has 0 aliphatic heterocycles. The fourth-order valence-electron chi connectivity index (χ4n) is 1.17. The molecule has 0 atom stereocenters. The highest BCUT2D eigenvalue weighted by Gasteiger charge is 2.09. The number of hydrogen-bond donors (Lipinski definition) is 2. The van der Waals surface area contributed by atoms with Crippen LogP contribution < -0.4 is 10.6 Å². The van der Waals surface area contributed by atoms with Gasteiger partial charge in [0.1, 0.15) is 0 Å². The number of nitrogens with one attached hydrogen (secondary N) is 2. The van der Waals surface area contributed by atoms with Crippen molar-refractivity contribution in [3.8, 4) is 0 Å². The van der Waals surface area contributed by atoms with Crippen LogP contribution in [0.5, 0.6) is 0 Å². The van der Waals surface area contributed by atoms with Crippen LogP contribution in [0.4, 0.5) is 0 Å². The fourth-order valence-corrected chi connectivity index (χ4v) is 1.17. The van der Waals surface area contributed by atoms with Gasteiger partial charge in [0.25, 0.3) is 0 Å². The van der Waals surface area contributed by atoms with Gasteiger partial charge in [0, 0.05) is 25.8 Å². The lowest BCUT2D eigenvalue weighted by molar-refractivity contribution is -0.126. The van der Waals surface area contributed by atoms with E-state index in [9.17, 15) is 14.4 Å². The smallest absolute Gasteiger partial charge is 0.220 e. The molecular formula is C12H22N2O3. The Bertz CT molecular complexity index is 275. The predicted molar refractivity (Wildman–Crippen MR) is 65.4 cm³/mol. The normalized spacial score (nSPS) is 10.1. The summed E-state index contributed by atoms with van der Waals surface area (Å²) in [6, 6.07) is 0. The molecule has 0 saturated carbocycles. The summed E-state index contributed by atoms with van der Waals surface area (Å²) >= 11 is 0. The quantitative estimate of drug-likeness (QED) is 0.613. The van der Waals surface area contributed by atoms with Crippen LogP contribution >= 0.6 is 0 Å². The van der Waals surface area contributed by atoms with E-state index in [0.717, 1.165) is 0 Å². The van der Waals surface area contributed by atoms with Gasteiger partial charge in [-0.1, -0.05) is 13.8 Å². The van der Waals surface area contributed by atoms with Crippen LogP contribution in [0.3, 0.4) is 0 Å². The molecule has 0 radical (unpaired) electrons. The third-order valence-electron chi connectivity index (χ3n) is 2.44. The molecule has 0 aromatic rings. The number of carbonyl (C=O) groups is 3. The first-order chi connectivity index (χ1) is 7.97. The van der Waals surface area contributed by atoms with E-state index in [1.54, 1.807) is 20.9 Å². The maximum Gasteiger partial charge on any atom is 0.220 e. The van der Waals surface area contributed by atoms with Crippen LogP contribution in [0.15, 0.2) is 0 Å². The van der Waals surface area contributed by atoms with Crippen molar-refractivity contribution in [3.05, 3.63) is 0 Å². The van der Waals surface area contributed by atoms with Crippen molar-refractivity contribution in [2.75, 3.05) is 13.6 Å². The summed E-state index contributed by atoms with van der Waals surface area (Å²) in [6.45, 7) is 3.71. The molecule has 5 nitrogen and oxygen atoms in total. The summed E-state index contributed by atoms with van der Waals surface area (Å²) in [6.07, 6.45) is 2.15. The van der Waals surface area contributed by atoms with E-state index in [0.29, 0.717) is 25.7 Å². The highest BCUT2D eigenvalue weighted by atomic mass is 16.2. The maximum absolute atomic E-state index is 11.3. The second-order valence-corrected chi connectivity index (χ2v) is 4.28. The Kier molecular flexibility index (Phi) is 8.01. The van der Waals surface area contributed by atoms with Crippen molar-refractivity contribution in [1.82, 2.24) is 10.6 Å². The van der Waals surface area contributed by atoms with Crippen LogP contribution in [0.25, 0.3) is 0 Å². The lowest BCUT2D eigenvalue weighted by Gasteiger charge is -2.06. The zero-order chi connectivity index (χ0) is 13.3. The van der Waals surface area contributed by atoms with Gasteiger partial charge < -0.3 is 10.6 Å². The molecule has 0 bridgehead atoms. The topological polar surface area (TPSA) is 75.3 Å². The Morgan fingerprint density at radius 2 is 1.53 bits per heavy atom. The molecule has 2 N–H and O–H groups in total. The van der Waals surface area contributed by atoms with Crippen molar-refractivity contribution in [2.24, 2.45) is 5.92 Å². The third-order valence-corrected chi connectivity index (χ3v) is 2.44. The van der Waals surface area contributed by atoms with E-state index in [2.05, 4.69) is 10.6 Å². The van der Waals surface area contributed by atoms with Gasteiger partial charge in [-0.15, -0.1) is 0 Å². The molecule has 0 unspecified atom stereocenters. The minimum absolute atomic E-state index is 0.0135. The van der Waals surface area contributed by atoms with Gasteiger partial charge in [-0.3, -0.25) is 14.4 Å². The largest absolute Gasteiger partial charge is 0.359 e. The van der Waals surface area contributed by atoms with E-state index in [-0.39, 0.29) is 30.1 Å². The monoisotopic (exact) mass is 242 g/mol. The SMILES string of the molecule is CNC(=O)CCCCC(=O)NCC(=O)C(C)C. The highest BCUT2D eigenvalue weighted by Crippen LogP contribution is 2.00. The number of carbonyl (C=O) groups excluding carboxylic acids is 3. The Morgan fingerprint density at radius 3 is 2.00 bits per heavy atom. The standard InChI is InChI=1S/C12H22N2O3/c1-9(2)10(15)8-14-12(17)7-5-4-6-11(16)13-3/h9H,4-8H2,1-3H3,(H,13,16)(H,14,17). The molecule has 5 heteroatoms. The first-order valence-electron chi connectivity index (χ1n) is 5.97. The van der Waals surface area contributed by atoms with Gasteiger partial charge >= 0.3 is 0 Å². The number of hydrogen-bond acceptors (Lipinski definition) is 3. The number of unbranched alkanes of at least 4 members (excludes halogenated alkanes) is 1. The first kappa shape index (κ1) is 15.6. The second-order valence-electron chi connectivity index (χ2n) is 4.28. The molecule has 2 amide bonds. The minimum Gasteiger partial charge on any atom is -0.359 e. The molecule has 0 fully saturated rings. The molecule has 0 aromatic heterocycles. The Balaban J connectivity index is 3.54. The number of rotatable bonds is 8. The zero-order valence-corrected chi connectivity index (χ0v) is 10.8. The van der Waals surface area contributed by atoms with Crippen LogP contribution in [0.1, 0.15) is 39.5 Å². The number of Topliss-reactive ketones (excluding diaryl/α,β-unsaturated/α-hetero) is 1. The van der Waals surface area contributed by atoms with Gasteiger partial charge in [0.05, 0.1) is 6.54 Å². The van der Waals surface area contributed by atoms with Crippen molar-refractivity contribution in [2.45, 2.75) is 39.5 Å². The molecule has 98 valence electrons. The second kappa shape index (κ2) is 8.73. The molecule has 17 heavy (non-hydrogen) atoms. The van der Waals surface area contributed by atoms with Crippen molar-refractivity contribution in [1.29, 1.82) is 0 Å². The Labute approximate surface area is 102 Å². The maximum atomic E-state index is 11.3. The fraction of sp³-hybridized carbons (Fsp3) is 0.750. The lowest BCUT2D eigenvalue weighted by Crippen LogP contribution is -2.31. The van der Waals surface area contributed by atoms with Crippen molar-refractivity contribution < 1.29 is 14.4 Å². The summed E-state index contributed by atoms with van der Waals surface area (Å²) in [7, 11) is 1.59. The van der Waals surface area contributed by atoms with Gasteiger partial charge in [-0.25, -0.2) is 0 Å². The van der Waals surface area contributed by atoms with E-state index >= 15 is 0 Å². The number of ketones is 1. The summed E-state index contributed by atoms with van der Waals surface area (Å²) < 4.78 is 0. The molecule has 0 aliphatic rings. The van der Waals surface area contributed by atoms with E-state index in [4.69, 9.17) is 0 Å². The van der Waals surface area contributed by atoms with Gasteiger partial charge in [0.2, 0.25) is 11.8 Å². The molecule has 0 aromatic carbocycles. The van der Waals surface area contributed by atoms with Crippen LogP contribution in [0, 0.1) is 5.92 Å². The zero-order valence-electron chi connectivity index (χ0n) is 10.8. The Hall–Kier alpha value is -1.39. The first-order valence-corrected chi connectivity index (χ1v) is 5.97. The lowest BCUT2D eigenvalue weighted by atomic mass is 10.1. The summed E-state index contributed by atoms with van der Waals surface area (Å²) in [4.78, 5) is 33.4. The number of amides is 2. The van der Waals surface area contributed by atoms with Gasteiger partial charge in [-0.2, -0.15) is 0 Å². The van der Waals surface area contributed by atoms with Crippen LogP contribution in [0.2, 0.25) is 0 Å². The average molecular weight is 242 g/mol. The highest BCUT2D eigenvalue weighted by molar-refractivity contribution is 5.87. The molecule has 0 aliphatic carbocycles. The van der Waals surface area contributed by atoms with Gasteiger partial charge in [0.15, 0.2) is 5.78 Å². The average Bonchev–Trinajstić information content (AvgIpc) is 2.30. The van der Waals surface area contributed by atoms with Crippen molar-refractivity contribution in [3.63, 3.8) is 0 Å². The third kappa shape index (κ3) is 8.42. The van der Waals surface area contributed by atoms with Crippen LogP contribution in [-0.2, 0) is 14.4 Å². The van der Waals surface area contributed by atoms with Crippen LogP contribution in [-0.4, -0.2) is 31.2 Å². The molecule has 0 spiro atoms. The van der Waals surface area contributed by atoms with E-state index in [1.165, 1.54) is 0 Å². The summed E-state index contributed by atoms with van der Waals surface area (Å²) in [5, 5.41) is 5.10.